The van der Waals surface area contributed by atoms with Crippen LogP contribution in [0.15, 0.2) is 23.2 Å². The second-order valence-electron chi connectivity index (χ2n) is 6.44. The summed E-state index contributed by atoms with van der Waals surface area (Å²) in [6, 6.07) is 6.16. The maximum absolute atomic E-state index is 5.69. The topological polar surface area (TPSA) is 64.1 Å². The average molecular weight is 335 g/mol. The summed E-state index contributed by atoms with van der Waals surface area (Å²) in [5, 5.41) is 6.68. The van der Waals surface area contributed by atoms with Crippen LogP contribution in [0.3, 0.4) is 0 Å². The first kappa shape index (κ1) is 18.4. The highest BCUT2D eigenvalue weighted by Crippen LogP contribution is 2.34. The number of guanidine groups is 1. The minimum atomic E-state index is -0.0695. The zero-order chi connectivity index (χ0) is 17.4. The number of benzene rings is 1. The Kier molecular flexibility index (Phi) is 6.73. The van der Waals surface area contributed by atoms with Gasteiger partial charge in [-0.05, 0) is 24.1 Å². The summed E-state index contributed by atoms with van der Waals surface area (Å²) in [6.45, 7) is 7.95. The van der Waals surface area contributed by atoms with Crippen LogP contribution in [0.2, 0.25) is 0 Å². The Hall–Kier alpha value is -1.95. The first-order chi connectivity index (χ1) is 11.6. The number of nitrogens with zero attached hydrogens (tertiary/aromatic N) is 1. The first-order valence-corrected chi connectivity index (χ1v) is 8.40. The van der Waals surface area contributed by atoms with E-state index in [-0.39, 0.29) is 5.41 Å². The smallest absolute Gasteiger partial charge is 0.191 e. The number of rotatable bonds is 7. The molecule has 1 aliphatic heterocycles. The van der Waals surface area contributed by atoms with Crippen molar-refractivity contribution in [2.24, 2.45) is 4.99 Å². The van der Waals surface area contributed by atoms with Crippen LogP contribution < -0.4 is 20.1 Å². The highest BCUT2D eigenvalue weighted by molar-refractivity contribution is 5.79. The van der Waals surface area contributed by atoms with E-state index in [1.807, 2.05) is 6.07 Å². The summed E-state index contributed by atoms with van der Waals surface area (Å²) < 4.78 is 16.3. The van der Waals surface area contributed by atoms with Crippen LogP contribution in [0, 0.1) is 0 Å². The number of ether oxygens (including phenoxy) is 3. The molecule has 0 fully saturated rings. The number of hydrogen-bond acceptors (Lipinski definition) is 4. The fourth-order valence-electron chi connectivity index (χ4n) is 2.51. The van der Waals surface area contributed by atoms with Gasteiger partial charge >= 0.3 is 0 Å². The van der Waals surface area contributed by atoms with Crippen LogP contribution in [-0.4, -0.2) is 53.0 Å². The van der Waals surface area contributed by atoms with Gasteiger partial charge < -0.3 is 24.8 Å². The van der Waals surface area contributed by atoms with Crippen molar-refractivity contribution in [1.82, 2.24) is 10.6 Å². The Labute approximate surface area is 144 Å². The number of fused-ring (bicyclic) bond motifs is 1. The van der Waals surface area contributed by atoms with Crippen molar-refractivity contribution in [2.75, 3.05) is 47.1 Å². The van der Waals surface area contributed by atoms with Gasteiger partial charge in [-0.25, -0.2) is 0 Å². The van der Waals surface area contributed by atoms with E-state index in [0.717, 1.165) is 43.6 Å². The number of hydrogen-bond donors (Lipinski definition) is 2. The third-order valence-corrected chi connectivity index (χ3v) is 4.06. The van der Waals surface area contributed by atoms with Gasteiger partial charge in [-0.2, -0.15) is 0 Å². The predicted molar refractivity (Wildman–Crippen MR) is 96.3 cm³/mol. The van der Waals surface area contributed by atoms with Gasteiger partial charge in [-0.1, -0.05) is 19.9 Å². The van der Waals surface area contributed by atoms with E-state index in [0.29, 0.717) is 13.2 Å². The lowest BCUT2D eigenvalue weighted by atomic mass is 9.84. The molecule has 6 nitrogen and oxygen atoms in total. The fourth-order valence-corrected chi connectivity index (χ4v) is 2.51. The molecule has 1 aromatic carbocycles. The van der Waals surface area contributed by atoms with Gasteiger partial charge in [0.25, 0.3) is 0 Å². The zero-order valence-electron chi connectivity index (χ0n) is 15.1. The van der Waals surface area contributed by atoms with Crippen molar-refractivity contribution in [1.29, 1.82) is 0 Å². The van der Waals surface area contributed by atoms with Gasteiger partial charge in [0.15, 0.2) is 17.5 Å². The number of methoxy groups -OCH3 is 1. The van der Waals surface area contributed by atoms with Crippen molar-refractivity contribution >= 4 is 5.96 Å². The lowest BCUT2D eigenvalue weighted by Gasteiger charge is -2.28. The van der Waals surface area contributed by atoms with E-state index in [1.165, 1.54) is 5.56 Å². The minimum Gasteiger partial charge on any atom is -0.486 e. The van der Waals surface area contributed by atoms with E-state index in [4.69, 9.17) is 14.2 Å². The number of nitrogens with one attached hydrogen (secondary N) is 2. The van der Waals surface area contributed by atoms with Crippen LogP contribution >= 0.6 is 0 Å². The van der Waals surface area contributed by atoms with Crippen molar-refractivity contribution in [3.8, 4) is 11.5 Å². The molecule has 1 heterocycles. The lowest BCUT2D eigenvalue weighted by Crippen LogP contribution is -2.43. The summed E-state index contributed by atoms with van der Waals surface area (Å²) >= 11 is 0. The molecule has 0 aliphatic carbocycles. The molecule has 0 unspecified atom stereocenters. The second-order valence-corrected chi connectivity index (χ2v) is 6.44. The molecule has 0 radical (unpaired) electrons. The minimum absolute atomic E-state index is 0.0695. The molecule has 0 saturated heterocycles. The Morgan fingerprint density at radius 3 is 2.67 bits per heavy atom. The normalized spacial score (nSPS) is 14.4. The van der Waals surface area contributed by atoms with Gasteiger partial charge in [0.2, 0.25) is 0 Å². The highest BCUT2D eigenvalue weighted by Gasteiger charge is 2.23. The molecular weight excluding hydrogens is 306 g/mol. The molecule has 6 heteroatoms. The molecular formula is C18H29N3O3. The molecule has 1 aliphatic rings. The van der Waals surface area contributed by atoms with Crippen LogP contribution in [0.1, 0.15) is 25.8 Å². The van der Waals surface area contributed by atoms with E-state index in [2.05, 4.69) is 41.6 Å². The molecule has 0 aromatic heterocycles. The molecule has 0 spiro atoms. The van der Waals surface area contributed by atoms with Gasteiger partial charge in [-0.3, -0.25) is 4.99 Å². The van der Waals surface area contributed by atoms with Crippen molar-refractivity contribution in [3.05, 3.63) is 23.8 Å². The quantitative estimate of drug-likeness (QED) is 0.453. The van der Waals surface area contributed by atoms with Gasteiger partial charge in [0.05, 0.1) is 0 Å². The molecule has 0 saturated carbocycles. The monoisotopic (exact) mass is 335 g/mol. The second kappa shape index (κ2) is 8.78. The Balaban J connectivity index is 1.92. The Bertz CT molecular complexity index is 558. The maximum Gasteiger partial charge on any atom is 0.191 e. The molecule has 24 heavy (non-hydrogen) atoms. The van der Waals surface area contributed by atoms with Crippen LogP contribution in [0.4, 0.5) is 0 Å². The highest BCUT2D eigenvalue weighted by atomic mass is 16.6. The van der Waals surface area contributed by atoms with Crippen molar-refractivity contribution in [2.45, 2.75) is 25.7 Å². The molecule has 0 bridgehead atoms. The standard InChI is InChI=1S/C18H29N3O3/c1-18(2,13-21-17(19-3)20-8-5-9-22-4)14-6-7-15-16(12-14)24-11-10-23-15/h6-7,12H,5,8-11,13H2,1-4H3,(H2,19,20,21). The first-order valence-electron chi connectivity index (χ1n) is 8.40. The maximum atomic E-state index is 5.69. The van der Waals surface area contributed by atoms with E-state index < -0.39 is 0 Å². The van der Waals surface area contributed by atoms with E-state index in [9.17, 15) is 0 Å². The lowest BCUT2D eigenvalue weighted by molar-refractivity contribution is 0.171. The molecule has 2 rings (SSSR count). The summed E-state index contributed by atoms with van der Waals surface area (Å²) in [7, 11) is 3.49. The fraction of sp³-hybridized carbons (Fsp3) is 0.611. The third-order valence-electron chi connectivity index (χ3n) is 4.06. The van der Waals surface area contributed by atoms with Crippen LogP contribution in [0.25, 0.3) is 0 Å². The summed E-state index contributed by atoms with van der Waals surface area (Å²) in [5.41, 5.74) is 1.13. The van der Waals surface area contributed by atoms with Gasteiger partial charge in [-0.15, -0.1) is 0 Å². The molecule has 2 N–H and O–H groups in total. The Morgan fingerprint density at radius 1 is 1.21 bits per heavy atom. The SMILES string of the molecule is CN=C(NCCCOC)NCC(C)(C)c1ccc2c(c1)OCCO2. The van der Waals surface area contributed by atoms with Crippen LogP contribution in [-0.2, 0) is 10.2 Å². The largest absolute Gasteiger partial charge is 0.486 e. The van der Waals surface area contributed by atoms with Gasteiger partial charge in [0, 0.05) is 39.3 Å². The van der Waals surface area contributed by atoms with Gasteiger partial charge in [0.1, 0.15) is 13.2 Å². The van der Waals surface area contributed by atoms with E-state index >= 15 is 0 Å². The van der Waals surface area contributed by atoms with Crippen LogP contribution in [0.5, 0.6) is 11.5 Å². The molecule has 0 amide bonds. The zero-order valence-corrected chi connectivity index (χ0v) is 15.1. The predicted octanol–water partition coefficient (Wildman–Crippen LogP) is 1.94. The summed E-state index contributed by atoms with van der Waals surface area (Å²) in [6.07, 6.45) is 0.947. The third kappa shape index (κ3) is 5.03. The Morgan fingerprint density at radius 2 is 1.96 bits per heavy atom. The van der Waals surface area contributed by atoms with Crippen molar-refractivity contribution in [3.63, 3.8) is 0 Å². The summed E-state index contributed by atoms with van der Waals surface area (Å²) in [5.74, 6) is 2.45. The molecule has 134 valence electrons. The van der Waals surface area contributed by atoms with Crippen molar-refractivity contribution < 1.29 is 14.2 Å². The molecule has 0 atom stereocenters. The average Bonchev–Trinajstić information content (AvgIpc) is 2.60. The molecule has 1 aromatic rings. The van der Waals surface area contributed by atoms with E-state index in [1.54, 1.807) is 14.2 Å². The number of aliphatic imine (C=N–C) groups is 1. The summed E-state index contributed by atoms with van der Waals surface area (Å²) in [4.78, 5) is 4.26.